The van der Waals surface area contributed by atoms with Crippen LogP contribution < -0.4 is 5.32 Å². The fraction of sp³-hybridized carbons (Fsp3) is 0.692. The van der Waals surface area contributed by atoms with Crippen molar-refractivity contribution in [2.75, 3.05) is 19.6 Å². The van der Waals surface area contributed by atoms with E-state index in [1.165, 1.54) is 31.5 Å². The van der Waals surface area contributed by atoms with E-state index in [0.29, 0.717) is 12.1 Å². The maximum Gasteiger partial charge on any atom is 0.0207 e. The van der Waals surface area contributed by atoms with Crippen molar-refractivity contribution >= 4 is 11.3 Å². The summed E-state index contributed by atoms with van der Waals surface area (Å²) in [6.07, 6.45) is 2.48. The van der Waals surface area contributed by atoms with Crippen LogP contribution in [0.15, 0.2) is 16.8 Å². The molecule has 0 spiro atoms. The summed E-state index contributed by atoms with van der Waals surface area (Å²) in [5, 5.41) is 8.07. The Kier molecular flexibility index (Phi) is 4.38. The molecule has 0 saturated carbocycles. The van der Waals surface area contributed by atoms with Gasteiger partial charge in [0, 0.05) is 18.6 Å². The normalized spacial score (nSPS) is 22.1. The van der Waals surface area contributed by atoms with Crippen LogP contribution in [0.2, 0.25) is 0 Å². The molecule has 90 valence electrons. The van der Waals surface area contributed by atoms with Gasteiger partial charge in [0.15, 0.2) is 0 Å². The van der Waals surface area contributed by atoms with Crippen molar-refractivity contribution in [2.24, 2.45) is 0 Å². The Balaban J connectivity index is 1.64. The second-order valence-electron chi connectivity index (χ2n) is 4.91. The van der Waals surface area contributed by atoms with Crippen molar-refractivity contribution in [1.82, 2.24) is 10.2 Å². The van der Waals surface area contributed by atoms with E-state index in [1.54, 1.807) is 11.3 Å². The quantitative estimate of drug-likeness (QED) is 0.847. The lowest BCUT2D eigenvalue weighted by molar-refractivity contribution is 0.268. The van der Waals surface area contributed by atoms with Crippen molar-refractivity contribution in [3.63, 3.8) is 0 Å². The van der Waals surface area contributed by atoms with Gasteiger partial charge in [-0.05, 0) is 62.2 Å². The number of nitrogens with zero attached hydrogens (tertiary/aromatic N) is 1. The molecule has 1 N–H and O–H groups in total. The van der Waals surface area contributed by atoms with Crippen LogP contribution in [0.4, 0.5) is 0 Å². The number of likely N-dealkylation sites (tertiary alicyclic amines) is 1. The third kappa shape index (κ3) is 3.30. The summed E-state index contributed by atoms with van der Waals surface area (Å²) in [5.41, 5.74) is 1.47. The molecule has 1 saturated heterocycles. The highest BCUT2D eigenvalue weighted by atomic mass is 32.1. The van der Waals surface area contributed by atoms with Gasteiger partial charge in [-0.25, -0.2) is 0 Å². The Morgan fingerprint density at radius 2 is 2.44 bits per heavy atom. The maximum absolute atomic E-state index is 3.67. The summed E-state index contributed by atoms with van der Waals surface area (Å²) in [5.74, 6) is 0. The Bertz CT molecular complexity index is 295. The van der Waals surface area contributed by atoms with E-state index in [2.05, 4.69) is 40.9 Å². The minimum Gasteiger partial charge on any atom is -0.312 e. The molecular weight excluding hydrogens is 216 g/mol. The van der Waals surface area contributed by atoms with Gasteiger partial charge in [-0.3, -0.25) is 4.90 Å². The van der Waals surface area contributed by atoms with Crippen LogP contribution in [-0.2, 0) is 6.42 Å². The molecule has 1 aliphatic heterocycles. The molecule has 16 heavy (non-hydrogen) atoms. The number of hydrogen-bond acceptors (Lipinski definition) is 3. The second kappa shape index (κ2) is 5.80. The van der Waals surface area contributed by atoms with Crippen LogP contribution in [0.3, 0.4) is 0 Å². The van der Waals surface area contributed by atoms with E-state index in [9.17, 15) is 0 Å². The first-order valence-corrected chi connectivity index (χ1v) is 7.18. The number of hydrogen-bond donors (Lipinski definition) is 1. The van der Waals surface area contributed by atoms with Gasteiger partial charge < -0.3 is 5.32 Å². The molecule has 3 heteroatoms. The summed E-state index contributed by atoms with van der Waals surface area (Å²) < 4.78 is 0. The predicted octanol–water partition coefficient (Wildman–Crippen LogP) is 2.36. The summed E-state index contributed by atoms with van der Waals surface area (Å²) >= 11 is 1.79. The molecular formula is C13H22N2S. The topological polar surface area (TPSA) is 15.3 Å². The standard InChI is InChI=1S/C13H22N2S/c1-11(2)15-7-4-13(9-15)14-6-3-12-5-8-16-10-12/h5,8,10-11,13-14H,3-4,6-7,9H2,1-2H3. The van der Waals surface area contributed by atoms with E-state index in [1.807, 2.05) is 0 Å². The highest BCUT2D eigenvalue weighted by Gasteiger charge is 2.23. The lowest BCUT2D eigenvalue weighted by atomic mass is 10.2. The molecule has 0 amide bonds. The maximum atomic E-state index is 3.67. The molecule has 1 aromatic rings. The van der Waals surface area contributed by atoms with Gasteiger partial charge in [0.1, 0.15) is 0 Å². The molecule has 0 aliphatic carbocycles. The zero-order chi connectivity index (χ0) is 11.4. The summed E-state index contributed by atoms with van der Waals surface area (Å²) in [7, 11) is 0. The fourth-order valence-electron chi connectivity index (χ4n) is 2.28. The third-order valence-corrected chi connectivity index (χ3v) is 4.11. The first-order valence-electron chi connectivity index (χ1n) is 6.24. The highest BCUT2D eigenvalue weighted by molar-refractivity contribution is 7.07. The molecule has 2 rings (SSSR count). The van der Waals surface area contributed by atoms with Crippen molar-refractivity contribution in [3.8, 4) is 0 Å². The van der Waals surface area contributed by atoms with E-state index in [-0.39, 0.29) is 0 Å². The molecule has 1 aliphatic rings. The SMILES string of the molecule is CC(C)N1CCC(NCCc2ccsc2)C1. The minimum absolute atomic E-state index is 0.698. The third-order valence-electron chi connectivity index (χ3n) is 3.38. The summed E-state index contributed by atoms with van der Waals surface area (Å²) in [6, 6.07) is 3.63. The monoisotopic (exact) mass is 238 g/mol. The predicted molar refractivity (Wildman–Crippen MR) is 71.1 cm³/mol. The molecule has 0 aromatic carbocycles. The molecule has 1 fully saturated rings. The van der Waals surface area contributed by atoms with Crippen LogP contribution in [0.25, 0.3) is 0 Å². The van der Waals surface area contributed by atoms with Gasteiger partial charge in [0.05, 0.1) is 0 Å². The molecule has 1 aromatic heterocycles. The van der Waals surface area contributed by atoms with E-state index in [0.717, 1.165) is 6.54 Å². The molecule has 2 heterocycles. The molecule has 0 radical (unpaired) electrons. The fourth-order valence-corrected chi connectivity index (χ4v) is 2.98. The molecule has 0 bridgehead atoms. The van der Waals surface area contributed by atoms with Crippen molar-refractivity contribution in [3.05, 3.63) is 22.4 Å². The van der Waals surface area contributed by atoms with Crippen LogP contribution in [0.5, 0.6) is 0 Å². The van der Waals surface area contributed by atoms with Gasteiger partial charge in [-0.1, -0.05) is 0 Å². The number of thiophene rings is 1. The largest absolute Gasteiger partial charge is 0.312 e. The molecule has 1 unspecified atom stereocenters. The van der Waals surface area contributed by atoms with Crippen molar-refractivity contribution in [1.29, 1.82) is 0 Å². The van der Waals surface area contributed by atoms with Crippen LogP contribution >= 0.6 is 11.3 Å². The highest BCUT2D eigenvalue weighted by Crippen LogP contribution is 2.12. The zero-order valence-corrected chi connectivity index (χ0v) is 11.1. The Labute approximate surface area is 103 Å². The Morgan fingerprint density at radius 1 is 1.56 bits per heavy atom. The lowest BCUT2D eigenvalue weighted by Gasteiger charge is -2.20. The Hall–Kier alpha value is -0.380. The minimum atomic E-state index is 0.698. The van der Waals surface area contributed by atoms with Gasteiger partial charge in [0.2, 0.25) is 0 Å². The Morgan fingerprint density at radius 3 is 3.06 bits per heavy atom. The van der Waals surface area contributed by atoms with Crippen LogP contribution in [0.1, 0.15) is 25.8 Å². The number of nitrogens with one attached hydrogen (secondary N) is 1. The second-order valence-corrected chi connectivity index (χ2v) is 5.69. The smallest absolute Gasteiger partial charge is 0.0207 e. The molecule has 2 nitrogen and oxygen atoms in total. The average Bonchev–Trinajstić information content (AvgIpc) is 2.87. The van der Waals surface area contributed by atoms with E-state index >= 15 is 0 Å². The van der Waals surface area contributed by atoms with Gasteiger partial charge >= 0.3 is 0 Å². The molecule has 1 atom stereocenters. The average molecular weight is 238 g/mol. The number of rotatable bonds is 5. The van der Waals surface area contributed by atoms with Crippen LogP contribution in [-0.4, -0.2) is 36.6 Å². The summed E-state index contributed by atoms with van der Waals surface area (Å²) in [4.78, 5) is 2.56. The van der Waals surface area contributed by atoms with Crippen molar-refractivity contribution < 1.29 is 0 Å². The first kappa shape index (κ1) is 12.1. The first-order chi connectivity index (χ1) is 7.75. The van der Waals surface area contributed by atoms with E-state index in [4.69, 9.17) is 0 Å². The summed E-state index contributed by atoms with van der Waals surface area (Å²) in [6.45, 7) is 8.17. The van der Waals surface area contributed by atoms with Crippen LogP contribution in [0, 0.1) is 0 Å². The zero-order valence-electron chi connectivity index (χ0n) is 10.3. The van der Waals surface area contributed by atoms with Gasteiger partial charge in [0.25, 0.3) is 0 Å². The van der Waals surface area contributed by atoms with Gasteiger partial charge in [-0.15, -0.1) is 0 Å². The van der Waals surface area contributed by atoms with Crippen molar-refractivity contribution in [2.45, 2.75) is 38.8 Å². The van der Waals surface area contributed by atoms with E-state index < -0.39 is 0 Å². The van der Waals surface area contributed by atoms with Gasteiger partial charge in [-0.2, -0.15) is 11.3 Å². The lowest BCUT2D eigenvalue weighted by Crippen LogP contribution is -2.36.